The number of fused-ring (bicyclic) bond motifs is 5. The number of furan rings is 1. The Morgan fingerprint density at radius 3 is 1.41 bits per heavy atom. The monoisotopic (exact) mass is 780 g/mol. The third-order valence-corrected chi connectivity index (χ3v) is 11.7. The van der Waals surface area contributed by atoms with Crippen molar-refractivity contribution in [1.82, 2.24) is 19.1 Å². The molecule has 0 saturated heterocycles. The van der Waals surface area contributed by atoms with E-state index >= 15 is 0 Å². The van der Waals surface area contributed by atoms with Crippen LogP contribution in [0.15, 0.2) is 223 Å². The van der Waals surface area contributed by atoms with Gasteiger partial charge in [-0.25, -0.2) is 9.97 Å². The van der Waals surface area contributed by atoms with Crippen LogP contribution in [0.3, 0.4) is 0 Å². The molecule has 0 fully saturated rings. The number of nitrogens with zero attached hydrogens (tertiary/aromatic N) is 4. The molecule has 12 rings (SSSR count). The number of aromatic nitrogens is 4. The van der Waals surface area contributed by atoms with Crippen molar-refractivity contribution in [3.63, 3.8) is 0 Å². The van der Waals surface area contributed by atoms with Gasteiger partial charge in [0.15, 0.2) is 0 Å². The molecule has 0 saturated carbocycles. The molecule has 0 bridgehead atoms. The first-order valence-corrected chi connectivity index (χ1v) is 20.6. The van der Waals surface area contributed by atoms with Crippen LogP contribution in [0.5, 0.6) is 0 Å². The summed E-state index contributed by atoms with van der Waals surface area (Å²) >= 11 is 0. The Balaban J connectivity index is 1.06. The van der Waals surface area contributed by atoms with Crippen LogP contribution in [0, 0.1) is 0 Å². The average Bonchev–Trinajstić information content (AvgIpc) is 4.04. The summed E-state index contributed by atoms with van der Waals surface area (Å²) in [6, 6.07) is 76.7. The first-order chi connectivity index (χ1) is 30.2. The number of rotatable bonds is 7. The fourth-order valence-electron chi connectivity index (χ4n) is 8.93. The Morgan fingerprint density at radius 1 is 0.344 bits per heavy atom. The lowest BCUT2D eigenvalue weighted by atomic mass is 9.95. The maximum Gasteiger partial charge on any atom is 0.145 e. The van der Waals surface area contributed by atoms with E-state index in [0.717, 1.165) is 112 Å². The Kier molecular flexibility index (Phi) is 8.10. The maximum atomic E-state index is 6.62. The molecule has 0 spiro atoms. The van der Waals surface area contributed by atoms with E-state index in [-0.39, 0.29) is 0 Å². The molecule has 0 atom stereocenters. The second-order valence-electron chi connectivity index (χ2n) is 15.4. The largest absolute Gasteiger partial charge is 0.455 e. The van der Waals surface area contributed by atoms with Crippen LogP contribution < -0.4 is 0 Å². The predicted molar refractivity (Wildman–Crippen MR) is 250 cm³/mol. The fourth-order valence-corrected chi connectivity index (χ4v) is 8.93. The van der Waals surface area contributed by atoms with Gasteiger partial charge in [-0.15, -0.1) is 0 Å². The Morgan fingerprint density at radius 2 is 0.820 bits per heavy atom. The van der Waals surface area contributed by atoms with E-state index in [4.69, 9.17) is 14.4 Å². The van der Waals surface area contributed by atoms with Crippen molar-refractivity contribution in [2.24, 2.45) is 0 Å². The molecular weight excluding hydrogens is 745 g/mol. The highest BCUT2D eigenvalue weighted by Gasteiger charge is 2.21. The van der Waals surface area contributed by atoms with E-state index in [9.17, 15) is 0 Å². The van der Waals surface area contributed by atoms with E-state index in [1.807, 2.05) is 18.2 Å². The van der Waals surface area contributed by atoms with Gasteiger partial charge in [0.05, 0.1) is 33.4 Å². The molecule has 3 heterocycles. The highest BCUT2D eigenvalue weighted by molar-refractivity contribution is 6.15. The quantitative estimate of drug-likeness (QED) is 0.162. The van der Waals surface area contributed by atoms with Gasteiger partial charge in [0.1, 0.15) is 22.8 Å². The minimum Gasteiger partial charge on any atom is -0.455 e. The topological polar surface area (TPSA) is 48.8 Å². The van der Waals surface area contributed by atoms with Gasteiger partial charge in [0, 0.05) is 27.5 Å². The van der Waals surface area contributed by atoms with Gasteiger partial charge in [0.25, 0.3) is 0 Å². The SMILES string of the molecule is c1ccc(-c2cccc3c2oc2cccc(-c4ccc(-c5cc(-n6c(-c7ccccc7)nc7ccccc76)cc(-n6c(-c7ccccc7)nc7ccccc76)c5)cc4)c23)cc1. The standard InChI is InChI=1S/C56H36N4O/c1-4-16-38(17-5-1)46-23-14-24-47-53-45(22-15-29-52(53)61-54(46)47)39-32-30-37(31-33-39)42-34-43(59-50-27-12-10-25-48(50)57-55(59)40-18-6-2-7-19-40)36-44(35-42)60-51-28-13-11-26-49(51)58-56(60)41-20-8-3-9-21-41/h1-36H. The van der Waals surface area contributed by atoms with Gasteiger partial charge < -0.3 is 4.42 Å². The number of imidazole rings is 2. The second-order valence-corrected chi connectivity index (χ2v) is 15.4. The van der Waals surface area contributed by atoms with Crippen LogP contribution in [0.4, 0.5) is 0 Å². The van der Waals surface area contributed by atoms with Crippen LogP contribution in [0.25, 0.3) is 112 Å². The molecule has 0 unspecified atom stereocenters. The Bertz CT molecular complexity index is 3430. The molecule has 9 aromatic carbocycles. The number of para-hydroxylation sites is 5. The molecule has 61 heavy (non-hydrogen) atoms. The zero-order chi connectivity index (χ0) is 40.3. The average molecular weight is 781 g/mol. The Hall–Kier alpha value is -8.28. The molecule has 0 radical (unpaired) electrons. The van der Waals surface area contributed by atoms with Gasteiger partial charge in [-0.2, -0.15) is 0 Å². The highest BCUT2D eigenvalue weighted by Crippen LogP contribution is 2.42. The number of hydrogen-bond acceptors (Lipinski definition) is 3. The molecule has 286 valence electrons. The zero-order valence-electron chi connectivity index (χ0n) is 33.0. The maximum absolute atomic E-state index is 6.62. The van der Waals surface area contributed by atoms with E-state index < -0.39 is 0 Å². The molecule has 0 aliphatic heterocycles. The minimum atomic E-state index is 0.876. The molecule has 5 nitrogen and oxygen atoms in total. The normalized spacial score (nSPS) is 11.6. The molecular formula is C56H36N4O. The molecule has 0 aliphatic rings. The van der Waals surface area contributed by atoms with Crippen molar-refractivity contribution in [2.75, 3.05) is 0 Å². The first kappa shape index (κ1) is 34.7. The van der Waals surface area contributed by atoms with Crippen LogP contribution in [0.1, 0.15) is 0 Å². The third-order valence-electron chi connectivity index (χ3n) is 11.7. The summed E-state index contributed by atoms with van der Waals surface area (Å²) in [6.45, 7) is 0. The van der Waals surface area contributed by atoms with Gasteiger partial charge in [-0.1, -0.05) is 170 Å². The molecule has 0 aliphatic carbocycles. The van der Waals surface area contributed by atoms with Crippen molar-refractivity contribution in [3.8, 4) is 67.5 Å². The van der Waals surface area contributed by atoms with Crippen molar-refractivity contribution in [1.29, 1.82) is 0 Å². The summed E-state index contributed by atoms with van der Waals surface area (Å²) < 4.78 is 11.2. The van der Waals surface area contributed by atoms with Crippen LogP contribution in [0.2, 0.25) is 0 Å². The van der Waals surface area contributed by atoms with Gasteiger partial charge in [-0.3, -0.25) is 9.13 Å². The molecule has 12 aromatic rings. The molecule has 0 N–H and O–H groups in total. The molecule has 5 heteroatoms. The summed E-state index contributed by atoms with van der Waals surface area (Å²) in [6.07, 6.45) is 0. The number of benzene rings is 9. The van der Waals surface area contributed by atoms with Gasteiger partial charge in [0.2, 0.25) is 0 Å². The van der Waals surface area contributed by atoms with E-state index in [1.165, 1.54) is 0 Å². The molecule has 3 aromatic heterocycles. The first-order valence-electron chi connectivity index (χ1n) is 20.6. The number of hydrogen-bond donors (Lipinski definition) is 0. The van der Waals surface area contributed by atoms with Crippen molar-refractivity contribution in [2.45, 2.75) is 0 Å². The van der Waals surface area contributed by atoms with Gasteiger partial charge in [-0.05, 0) is 76.3 Å². The zero-order valence-corrected chi connectivity index (χ0v) is 33.0. The van der Waals surface area contributed by atoms with E-state index in [2.05, 4.69) is 209 Å². The lowest BCUT2D eigenvalue weighted by molar-refractivity contribution is 0.670. The summed E-state index contributed by atoms with van der Waals surface area (Å²) in [5.41, 5.74) is 16.5. The van der Waals surface area contributed by atoms with Crippen molar-refractivity contribution in [3.05, 3.63) is 218 Å². The fraction of sp³-hybridized carbons (Fsp3) is 0. The smallest absolute Gasteiger partial charge is 0.145 e. The van der Waals surface area contributed by atoms with Gasteiger partial charge >= 0.3 is 0 Å². The third kappa shape index (κ3) is 5.86. The predicted octanol–water partition coefficient (Wildman–Crippen LogP) is 14.6. The summed E-state index contributed by atoms with van der Waals surface area (Å²) in [4.78, 5) is 10.4. The lowest BCUT2D eigenvalue weighted by Gasteiger charge is -2.17. The van der Waals surface area contributed by atoms with E-state index in [1.54, 1.807) is 0 Å². The molecule has 0 amide bonds. The second kappa shape index (κ2) is 14.2. The summed E-state index contributed by atoms with van der Waals surface area (Å²) in [7, 11) is 0. The Labute approximate surface area is 352 Å². The van der Waals surface area contributed by atoms with Crippen LogP contribution in [-0.4, -0.2) is 19.1 Å². The van der Waals surface area contributed by atoms with Crippen molar-refractivity contribution >= 4 is 44.0 Å². The minimum absolute atomic E-state index is 0.876. The van der Waals surface area contributed by atoms with E-state index in [0.29, 0.717) is 0 Å². The summed E-state index contributed by atoms with van der Waals surface area (Å²) in [5.74, 6) is 1.77. The summed E-state index contributed by atoms with van der Waals surface area (Å²) in [5, 5.41) is 2.23. The van der Waals surface area contributed by atoms with Crippen LogP contribution in [-0.2, 0) is 0 Å². The highest BCUT2D eigenvalue weighted by atomic mass is 16.3. The van der Waals surface area contributed by atoms with Crippen molar-refractivity contribution < 1.29 is 4.42 Å². The lowest BCUT2D eigenvalue weighted by Crippen LogP contribution is -2.03. The van der Waals surface area contributed by atoms with Crippen LogP contribution >= 0.6 is 0 Å².